The molecule has 0 aliphatic carbocycles. The van der Waals surface area contributed by atoms with Crippen molar-refractivity contribution in [1.29, 1.82) is 0 Å². The van der Waals surface area contributed by atoms with E-state index in [1.807, 2.05) is 13.0 Å². The molecule has 0 amide bonds. The lowest BCUT2D eigenvalue weighted by Crippen LogP contribution is -2.28. The van der Waals surface area contributed by atoms with E-state index in [0.29, 0.717) is 17.9 Å². The van der Waals surface area contributed by atoms with Crippen molar-refractivity contribution in [3.63, 3.8) is 0 Å². The minimum Gasteiger partial charge on any atom is -0.456 e. The van der Waals surface area contributed by atoms with Gasteiger partial charge in [-0.1, -0.05) is 6.07 Å². The number of carbonyl (C=O) groups excluding carboxylic acids is 1. The highest BCUT2D eigenvalue weighted by Gasteiger charge is 2.19. The summed E-state index contributed by atoms with van der Waals surface area (Å²) in [5.74, 6) is -0.327. The molecule has 1 aromatic carbocycles. The van der Waals surface area contributed by atoms with Gasteiger partial charge in [0, 0.05) is 12.3 Å². The van der Waals surface area contributed by atoms with E-state index in [9.17, 15) is 4.79 Å². The fourth-order valence-electron chi connectivity index (χ4n) is 1.79. The molecule has 1 fully saturated rings. The molecule has 1 unspecified atom stereocenters. The first-order valence-electron chi connectivity index (χ1n) is 5.81. The van der Waals surface area contributed by atoms with E-state index >= 15 is 0 Å². The molecule has 0 radical (unpaired) electrons. The number of ether oxygens (including phenoxy) is 2. The van der Waals surface area contributed by atoms with E-state index in [1.54, 1.807) is 12.1 Å². The second kappa shape index (κ2) is 5.19. The van der Waals surface area contributed by atoms with E-state index in [0.717, 1.165) is 25.0 Å². The molecule has 1 aliphatic rings. The molecule has 0 saturated carbocycles. The van der Waals surface area contributed by atoms with Crippen LogP contribution in [-0.2, 0) is 9.47 Å². The first-order valence-corrected chi connectivity index (χ1v) is 5.81. The van der Waals surface area contributed by atoms with E-state index in [1.165, 1.54) is 0 Å². The Morgan fingerprint density at radius 3 is 3.00 bits per heavy atom. The number of benzene rings is 1. The van der Waals surface area contributed by atoms with Crippen LogP contribution < -0.4 is 5.73 Å². The van der Waals surface area contributed by atoms with E-state index in [2.05, 4.69) is 0 Å². The molecule has 92 valence electrons. The third-order valence-electron chi connectivity index (χ3n) is 2.91. The first-order chi connectivity index (χ1) is 8.16. The lowest BCUT2D eigenvalue weighted by atomic mass is 10.1. The minimum atomic E-state index is -0.327. The zero-order chi connectivity index (χ0) is 12.3. The fourth-order valence-corrected chi connectivity index (χ4v) is 1.79. The van der Waals surface area contributed by atoms with Crippen LogP contribution in [0.15, 0.2) is 18.2 Å². The number of aryl methyl sites for hydroxylation is 1. The number of hydrogen-bond acceptors (Lipinski definition) is 4. The van der Waals surface area contributed by atoms with Gasteiger partial charge in [0.05, 0.1) is 12.2 Å². The maximum atomic E-state index is 11.8. The summed E-state index contributed by atoms with van der Waals surface area (Å²) >= 11 is 0. The highest BCUT2D eigenvalue weighted by atomic mass is 16.6. The summed E-state index contributed by atoms with van der Waals surface area (Å²) in [6, 6.07) is 5.21. The number of carbonyl (C=O) groups is 1. The molecule has 0 aromatic heterocycles. The van der Waals surface area contributed by atoms with Gasteiger partial charge in [0.1, 0.15) is 6.10 Å². The third-order valence-corrected chi connectivity index (χ3v) is 2.91. The number of hydrogen-bond donors (Lipinski definition) is 1. The second-order valence-electron chi connectivity index (χ2n) is 4.32. The monoisotopic (exact) mass is 235 g/mol. The average Bonchev–Trinajstić information content (AvgIpc) is 2.34. The molecule has 17 heavy (non-hydrogen) atoms. The maximum Gasteiger partial charge on any atom is 0.338 e. The van der Waals surface area contributed by atoms with Gasteiger partial charge in [-0.15, -0.1) is 0 Å². The molecule has 4 heteroatoms. The molecule has 4 nitrogen and oxygen atoms in total. The highest BCUT2D eigenvalue weighted by Crippen LogP contribution is 2.16. The molecule has 1 heterocycles. The van der Waals surface area contributed by atoms with E-state index in [4.69, 9.17) is 15.2 Å². The quantitative estimate of drug-likeness (QED) is 0.628. The Labute approximate surface area is 101 Å². The molecular weight excluding hydrogens is 218 g/mol. The molecule has 1 aliphatic heterocycles. The smallest absolute Gasteiger partial charge is 0.338 e. The van der Waals surface area contributed by atoms with Crippen LogP contribution in [0.3, 0.4) is 0 Å². The Hall–Kier alpha value is -1.55. The van der Waals surface area contributed by atoms with Crippen molar-refractivity contribution in [1.82, 2.24) is 0 Å². The van der Waals surface area contributed by atoms with Gasteiger partial charge in [0.2, 0.25) is 0 Å². The highest BCUT2D eigenvalue weighted by molar-refractivity contribution is 5.90. The van der Waals surface area contributed by atoms with Crippen molar-refractivity contribution < 1.29 is 14.3 Å². The van der Waals surface area contributed by atoms with Gasteiger partial charge in [-0.05, 0) is 37.5 Å². The molecular formula is C13H17NO3. The van der Waals surface area contributed by atoms with Crippen molar-refractivity contribution in [3.8, 4) is 0 Å². The largest absolute Gasteiger partial charge is 0.456 e. The summed E-state index contributed by atoms with van der Waals surface area (Å²) in [4.78, 5) is 11.8. The molecule has 1 atom stereocenters. The Morgan fingerprint density at radius 1 is 1.53 bits per heavy atom. The minimum absolute atomic E-state index is 0.126. The van der Waals surface area contributed by atoms with Crippen LogP contribution in [0, 0.1) is 6.92 Å². The summed E-state index contributed by atoms with van der Waals surface area (Å²) in [5, 5.41) is 0. The van der Waals surface area contributed by atoms with Crippen LogP contribution in [0.4, 0.5) is 5.69 Å². The normalized spacial score (nSPS) is 19.9. The summed E-state index contributed by atoms with van der Waals surface area (Å²) in [7, 11) is 0. The summed E-state index contributed by atoms with van der Waals surface area (Å²) in [6.07, 6.45) is 1.68. The standard InChI is InChI=1S/C13H17NO3/c1-9-4-5-10(7-12(9)14)13(15)17-11-3-2-6-16-8-11/h4-5,7,11H,2-3,6,8,14H2,1H3. The maximum absolute atomic E-state index is 11.8. The molecule has 2 rings (SSSR count). The lowest BCUT2D eigenvalue weighted by Gasteiger charge is -2.22. The number of rotatable bonds is 2. The molecule has 2 N–H and O–H groups in total. The van der Waals surface area contributed by atoms with Crippen LogP contribution in [0.5, 0.6) is 0 Å². The topological polar surface area (TPSA) is 61.5 Å². The molecule has 0 spiro atoms. The van der Waals surface area contributed by atoms with Gasteiger partial charge in [0.25, 0.3) is 0 Å². The van der Waals surface area contributed by atoms with Gasteiger partial charge in [0.15, 0.2) is 0 Å². The van der Waals surface area contributed by atoms with Crippen molar-refractivity contribution in [2.45, 2.75) is 25.9 Å². The van der Waals surface area contributed by atoms with Gasteiger partial charge in [-0.2, -0.15) is 0 Å². The number of esters is 1. The lowest BCUT2D eigenvalue weighted by molar-refractivity contribution is -0.0305. The third kappa shape index (κ3) is 2.97. The Morgan fingerprint density at radius 2 is 2.35 bits per heavy atom. The zero-order valence-corrected chi connectivity index (χ0v) is 9.94. The number of nitrogen functional groups attached to an aromatic ring is 1. The fraction of sp³-hybridized carbons (Fsp3) is 0.462. The Kier molecular flexibility index (Phi) is 3.64. The van der Waals surface area contributed by atoms with Gasteiger partial charge in [-0.3, -0.25) is 0 Å². The summed E-state index contributed by atoms with van der Waals surface area (Å²) in [5.41, 5.74) is 7.83. The van der Waals surface area contributed by atoms with Gasteiger partial charge < -0.3 is 15.2 Å². The van der Waals surface area contributed by atoms with Crippen LogP contribution in [0.2, 0.25) is 0 Å². The van der Waals surface area contributed by atoms with Crippen LogP contribution >= 0.6 is 0 Å². The van der Waals surface area contributed by atoms with Crippen LogP contribution in [0.25, 0.3) is 0 Å². The van der Waals surface area contributed by atoms with Crippen LogP contribution in [-0.4, -0.2) is 25.3 Å². The van der Waals surface area contributed by atoms with Crippen molar-refractivity contribution in [2.75, 3.05) is 18.9 Å². The van der Waals surface area contributed by atoms with Crippen LogP contribution in [0.1, 0.15) is 28.8 Å². The molecule has 1 saturated heterocycles. The predicted octanol–water partition coefficient (Wildman–Crippen LogP) is 1.91. The average molecular weight is 235 g/mol. The molecule has 1 aromatic rings. The van der Waals surface area contributed by atoms with E-state index < -0.39 is 0 Å². The van der Waals surface area contributed by atoms with Gasteiger partial charge >= 0.3 is 5.97 Å². The zero-order valence-electron chi connectivity index (χ0n) is 9.94. The van der Waals surface area contributed by atoms with E-state index in [-0.39, 0.29) is 12.1 Å². The van der Waals surface area contributed by atoms with Crippen molar-refractivity contribution in [3.05, 3.63) is 29.3 Å². The van der Waals surface area contributed by atoms with Gasteiger partial charge in [-0.25, -0.2) is 4.79 Å². The number of nitrogens with two attached hydrogens (primary N) is 1. The SMILES string of the molecule is Cc1ccc(C(=O)OC2CCCOC2)cc1N. The van der Waals surface area contributed by atoms with Crippen molar-refractivity contribution >= 4 is 11.7 Å². The first kappa shape index (κ1) is 11.9. The summed E-state index contributed by atoms with van der Waals surface area (Å²) < 4.78 is 10.6. The van der Waals surface area contributed by atoms with Crippen molar-refractivity contribution in [2.24, 2.45) is 0 Å². The number of anilines is 1. The Bertz CT molecular complexity index is 411. The Balaban J connectivity index is 2.01. The molecule has 0 bridgehead atoms. The second-order valence-corrected chi connectivity index (χ2v) is 4.32. The predicted molar refractivity (Wildman–Crippen MR) is 64.8 cm³/mol. The summed E-state index contributed by atoms with van der Waals surface area (Å²) in [6.45, 7) is 3.15.